The van der Waals surface area contributed by atoms with Crippen LogP contribution in [0.25, 0.3) is 0 Å². The van der Waals surface area contributed by atoms with E-state index in [4.69, 9.17) is 9.84 Å². The van der Waals surface area contributed by atoms with E-state index in [1.807, 2.05) is 36.4 Å². The molecule has 1 N–H and O–H groups in total. The Kier molecular flexibility index (Phi) is 6.81. The first-order chi connectivity index (χ1) is 15.9. The van der Waals surface area contributed by atoms with Crippen LogP contribution in [0.3, 0.4) is 0 Å². The summed E-state index contributed by atoms with van der Waals surface area (Å²) in [4.78, 5) is 11.3. The molecule has 1 atom stereocenters. The Bertz CT molecular complexity index is 1220. The number of hydrogen-bond acceptors (Lipinski definition) is 4. The largest absolute Gasteiger partial charge is 0.497 e. The number of ether oxygens (including phenoxy) is 1. The number of carboxylic acid groups (broad SMARTS) is 1. The minimum atomic E-state index is -3.83. The van der Waals surface area contributed by atoms with Gasteiger partial charge in [0.1, 0.15) is 5.75 Å². The van der Waals surface area contributed by atoms with E-state index in [0.717, 1.165) is 24.8 Å². The van der Waals surface area contributed by atoms with E-state index in [-0.39, 0.29) is 22.9 Å². The van der Waals surface area contributed by atoms with Gasteiger partial charge in [0, 0.05) is 13.1 Å². The smallest absolute Gasteiger partial charge is 0.335 e. The number of nitrogens with zero attached hydrogens (tertiary/aromatic N) is 1. The number of benzene rings is 3. The summed E-state index contributed by atoms with van der Waals surface area (Å²) < 4.78 is 34.0. The van der Waals surface area contributed by atoms with Crippen LogP contribution >= 0.6 is 0 Å². The number of carbonyl (C=O) groups is 1. The van der Waals surface area contributed by atoms with Gasteiger partial charge in [-0.15, -0.1) is 0 Å². The summed E-state index contributed by atoms with van der Waals surface area (Å²) in [7, 11) is -2.23. The molecule has 1 unspecified atom stereocenters. The van der Waals surface area contributed by atoms with Gasteiger partial charge < -0.3 is 9.84 Å². The van der Waals surface area contributed by atoms with Gasteiger partial charge in [0.2, 0.25) is 10.0 Å². The van der Waals surface area contributed by atoms with Crippen LogP contribution in [0, 0.1) is 5.92 Å². The summed E-state index contributed by atoms with van der Waals surface area (Å²) in [6, 6.07) is 21.1. The Hall–Kier alpha value is -3.16. The van der Waals surface area contributed by atoms with Crippen LogP contribution in [-0.4, -0.2) is 37.5 Å². The molecule has 3 aromatic rings. The molecule has 1 aliphatic rings. The normalized spacial score (nSPS) is 15.8. The second kappa shape index (κ2) is 9.77. The van der Waals surface area contributed by atoms with Gasteiger partial charge in [0.25, 0.3) is 0 Å². The fourth-order valence-electron chi connectivity index (χ4n) is 4.32. The topological polar surface area (TPSA) is 83.9 Å². The molecular weight excluding hydrogens is 438 g/mol. The Morgan fingerprint density at radius 2 is 1.67 bits per heavy atom. The second-order valence-corrected chi connectivity index (χ2v) is 10.3. The molecule has 172 valence electrons. The Morgan fingerprint density at radius 1 is 1.00 bits per heavy atom. The molecule has 0 aliphatic heterocycles. The fourth-order valence-corrected chi connectivity index (χ4v) is 5.82. The van der Waals surface area contributed by atoms with Crippen LogP contribution in [0.5, 0.6) is 5.75 Å². The van der Waals surface area contributed by atoms with E-state index in [0.29, 0.717) is 12.3 Å². The lowest BCUT2D eigenvalue weighted by atomic mass is 9.84. The summed E-state index contributed by atoms with van der Waals surface area (Å²) in [5, 5.41) is 9.15. The van der Waals surface area contributed by atoms with E-state index >= 15 is 0 Å². The summed E-state index contributed by atoms with van der Waals surface area (Å²) in [6.45, 7) is 0.620. The highest BCUT2D eigenvalue weighted by molar-refractivity contribution is 7.89. The lowest BCUT2D eigenvalue weighted by Gasteiger charge is -2.30. The van der Waals surface area contributed by atoms with Gasteiger partial charge in [-0.2, -0.15) is 4.31 Å². The molecule has 0 spiro atoms. The van der Waals surface area contributed by atoms with Crippen LogP contribution in [0.4, 0.5) is 0 Å². The summed E-state index contributed by atoms with van der Waals surface area (Å²) in [6.07, 6.45) is 2.69. The van der Waals surface area contributed by atoms with Gasteiger partial charge in [0.15, 0.2) is 0 Å². The number of rotatable bonds is 8. The maximum Gasteiger partial charge on any atom is 0.335 e. The van der Waals surface area contributed by atoms with E-state index in [2.05, 4.69) is 12.1 Å². The minimum absolute atomic E-state index is 0.0551. The average Bonchev–Trinajstić information content (AvgIpc) is 2.84. The zero-order valence-electron chi connectivity index (χ0n) is 18.5. The SMILES string of the molecule is COc1ccc(CN(CC2CCc3ccccc3C2)S(=O)(=O)c2ccc(C(=O)O)cc2)cc1. The molecule has 7 heteroatoms. The highest BCUT2D eigenvalue weighted by Crippen LogP contribution is 2.29. The summed E-state index contributed by atoms with van der Waals surface area (Å²) in [5.74, 6) is -0.178. The monoisotopic (exact) mass is 465 g/mol. The number of aryl methyl sites for hydroxylation is 1. The van der Waals surface area contributed by atoms with E-state index < -0.39 is 16.0 Å². The highest BCUT2D eigenvalue weighted by atomic mass is 32.2. The standard InChI is InChI=1S/C26H27NO5S/c1-32-24-12-7-19(8-13-24)17-27(18-20-6-9-21-4-2-3-5-23(21)16-20)33(30,31)25-14-10-22(11-15-25)26(28)29/h2-5,7-8,10-15,20H,6,9,16-18H2,1H3,(H,28,29). The third kappa shape index (κ3) is 5.26. The third-order valence-corrected chi connectivity index (χ3v) is 7.99. The maximum atomic E-state index is 13.6. The van der Waals surface area contributed by atoms with Gasteiger partial charge >= 0.3 is 5.97 Å². The quantitative estimate of drug-likeness (QED) is 0.533. The molecule has 3 aromatic carbocycles. The van der Waals surface area contributed by atoms with Crippen molar-refractivity contribution >= 4 is 16.0 Å². The van der Waals surface area contributed by atoms with Crippen LogP contribution in [0.2, 0.25) is 0 Å². The van der Waals surface area contributed by atoms with Crippen molar-refractivity contribution in [2.24, 2.45) is 5.92 Å². The average molecular weight is 466 g/mol. The molecule has 0 aromatic heterocycles. The molecule has 0 radical (unpaired) electrons. The van der Waals surface area contributed by atoms with Gasteiger partial charge in [-0.1, -0.05) is 36.4 Å². The highest BCUT2D eigenvalue weighted by Gasteiger charge is 2.29. The number of aromatic carboxylic acids is 1. The van der Waals surface area contributed by atoms with E-state index in [1.54, 1.807) is 7.11 Å². The Labute approximate surface area is 194 Å². The molecule has 0 heterocycles. The van der Waals surface area contributed by atoms with Crippen molar-refractivity contribution in [3.8, 4) is 5.75 Å². The van der Waals surface area contributed by atoms with Crippen LogP contribution < -0.4 is 4.74 Å². The lowest BCUT2D eigenvalue weighted by molar-refractivity contribution is 0.0696. The van der Waals surface area contributed by atoms with Crippen molar-refractivity contribution in [1.82, 2.24) is 4.31 Å². The number of sulfonamides is 1. The van der Waals surface area contributed by atoms with Crippen molar-refractivity contribution < 1.29 is 23.1 Å². The van der Waals surface area contributed by atoms with E-state index in [9.17, 15) is 13.2 Å². The van der Waals surface area contributed by atoms with Crippen molar-refractivity contribution in [2.75, 3.05) is 13.7 Å². The molecule has 0 amide bonds. The molecule has 0 saturated carbocycles. The van der Waals surface area contributed by atoms with Gasteiger partial charge in [-0.25, -0.2) is 13.2 Å². The molecule has 1 aliphatic carbocycles. The van der Waals surface area contributed by atoms with Crippen molar-refractivity contribution in [2.45, 2.75) is 30.7 Å². The number of hydrogen-bond donors (Lipinski definition) is 1. The second-order valence-electron chi connectivity index (χ2n) is 8.35. The van der Waals surface area contributed by atoms with Crippen LogP contribution in [-0.2, 0) is 29.4 Å². The zero-order valence-corrected chi connectivity index (χ0v) is 19.3. The first-order valence-corrected chi connectivity index (χ1v) is 12.3. The number of carboxylic acids is 1. The summed E-state index contributed by atoms with van der Waals surface area (Å²) >= 11 is 0. The van der Waals surface area contributed by atoms with Gasteiger partial charge in [0.05, 0.1) is 17.6 Å². The van der Waals surface area contributed by atoms with Crippen LogP contribution in [0.1, 0.15) is 33.5 Å². The molecule has 6 nitrogen and oxygen atoms in total. The number of methoxy groups -OCH3 is 1. The predicted molar refractivity (Wildman–Crippen MR) is 126 cm³/mol. The molecule has 33 heavy (non-hydrogen) atoms. The van der Waals surface area contributed by atoms with Crippen molar-refractivity contribution in [3.05, 3.63) is 95.1 Å². The molecule has 4 rings (SSSR count). The van der Waals surface area contributed by atoms with Crippen LogP contribution in [0.15, 0.2) is 77.7 Å². The van der Waals surface area contributed by atoms with Gasteiger partial charge in [-0.05, 0) is 78.3 Å². The molecule has 0 saturated heterocycles. The molecular formula is C26H27NO5S. The third-order valence-electron chi connectivity index (χ3n) is 6.17. The van der Waals surface area contributed by atoms with Crippen molar-refractivity contribution in [1.29, 1.82) is 0 Å². The maximum absolute atomic E-state index is 13.6. The van der Waals surface area contributed by atoms with E-state index in [1.165, 1.54) is 39.7 Å². The minimum Gasteiger partial charge on any atom is -0.497 e. The molecule has 0 fully saturated rings. The molecule has 0 bridgehead atoms. The lowest BCUT2D eigenvalue weighted by Crippen LogP contribution is -2.36. The Morgan fingerprint density at radius 3 is 2.30 bits per heavy atom. The van der Waals surface area contributed by atoms with Gasteiger partial charge in [-0.3, -0.25) is 0 Å². The predicted octanol–water partition coefficient (Wildman–Crippen LogP) is 4.39. The fraction of sp³-hybridized carbons (Fsp3) is 0.269. The van der Waals surface area contributed by atoms with Crippen molar-refractivity contribution in [3.63, 3.8) is 0 Å². The first kappa shape index (κ1) is 23.0. The number of fused-ring (bicyclic) bond motifs is 1. The summed E-state index contributed by atoms with van der Waals surface area (Å²) in [5.41, 5.74) is 3.53. The first-order valence-electron chi connectivity index (χ1n) is 10.9. The Balaban J connectivity index is 1.62. The zero-order chi connectivity index (χ0) is 23.4.